The first kappa shape index (κ1) is 21.8. The smallest absolute Gasteiger partial charge is 0.418 e. The monoisotopic (exact) mass is 411 g/mol. The number of halogens is 3. The Kier molecular flexibility index (Phi) is 7.12. The zero-order valence-corrected chi connectivity index (χ0v) is 16.4. The molecule has 150 valence electrons. The quantitative estimate of drug-likeness (QED) is 0.538. The molecule has 0 saturated carbocycles. The van der Waals surface area contributed by atoms with Gasteiger partial charge in [0.1, 0.15) is 0 Å². The van der Waals surface area contributed by atoms with E-state index in [1.54, 1.807) is 0 Å². The second-order valence-electron chi connectivity index (χ2n) is 6.22. The predicted octanol–water partition coefficient (Wildman–Crippen LogP) is 4.98. The summed E-state index contributed by atoms with van der Waals surface area (Å²) in [6.07, 6.45) is -5.83. The standard InChI is InChI=1S/C20H20F3NO3S/c1-12-8-9-17(13(2)10-12)28-11-18(25)27-14(3)19(26)24-16-7-5-4-6-15(16)20(21,22)23/h4-10,14H,11H2,1-3H3,(H,24,26)/t14-/m0/s1. The number of hydrogen-bond acceptors (Lipinski definition) is 4. The lowest BCUT2D eigenvalue weighted by Gasteiger charge is -2.17. The van der Waals surface area contributed by atoms with Gasteiger partial charge in [-0.05, 0) is 44.5 Å². The first-order chi connectivity index (χ1) is 13.1. The van der Waals surface area contributed by atoms with Crippen LogP contribution in [-0.4, -0.2) is 23.7 Å². The third kappa shape index (κ3) is 6.02. The Hall–Kier alpha value is -2.48. The maximum Gasteiger partial charge on any atom is 0.418 e. The Morgan fingerprint density at radius 3 is 2.46 bits per heavy atom. The number of ether oxygens (including phenoxy) is 1. The summed E-state index contributed by atoms with van der Waals surface area (Å²) in [5.41, 5.74) is 0.779. The molecule has 2 aromatic carbocycles. The van der Waals surface area contributed by atoms with Gasteiger partial charge in [0.05, 0.1) is 17.0 Å². The first-order valence-corrected chi connectivity index (χ1v) is 9.43. The molecule has 1 amide bonds. The first-order valence-electron chi connectivity index (χ1n) is 8.44. The number of hydrogen-bond donors (Lipinski definition) is 1. The molecular weight excluding hydrogens is 391 g/mol. The van der Waals surface area contributed by atoms with Crippen molar-refractivity contribution >= 4 is 29.3 Å². The molecule has 0 radical (unpaired) electrons. The number of aryl methyl sites for hydroxylation is 2. The molecule has 4 nitrogen and oxygen atoms in total. The fraction of sp³-hybridized carbons (Fsp3) is 0.300. The maximum atomic E-state index is 13.0. The molecule has 2 rings (SSSR count). The molecule has 0 aliphatic heterocycles. The highest BCUT2D eigenvalue weighted by molar-refractivity contribution is 8.00. The van der Waals surface area contributed by atoms with Gasteiger partial charge in [-0.2, -0.15) is 13.2 Å². The van der Waals surface area contributed by atoms with Crippen molar-refractivity contribution in [1.29, 1.82) is 0 Å². The van der Waals surface area contributed by atoms with Crippen molar-refractivity contribution in [2.45, 2.75) is 37.9 Å². The van der Waals surface area contributed by atoms with E-state index in [4.69, 9.17) is 4.74 Å². The molecule has 0 bridgehead atoms. The number of para-hydroxylation sites is 1. The van der Waals surface area contributed by atoms with Crippen LogP contribution in [0.15, 0.2) is 47.4 Å². The van der Waals surface area contributed by atoms with Crippen LogP contribution >= 0.6 is 11.8 Å². The van der Waals surface area contributed by atoms with E-state index in [0.717, 1.165) is 28.2 Å². The molecule has 2 aromatic rings. The summed E-state index contributed by atoms with van der Waals surface area (Å²) in [6.45, 7) is 5.20. The summed E-state index contributed by atoms with van der Waals surface area (Å²) in [4.78, 5) is 25.0. The zero-order valence-electron chi connectivity index (χ0n) is 15.6. The fourth-order valence-corrected chi connectivity index (χ4v) is 3.25. The molecule has 0 unspecified atom stereocenters. The molecule has 28 heavy (non-hydrogen) atoms. The molecule has 1 atom stereocenters. The number of nitrogens with one attached hydrogen (secondary N) is 1. The largest absolute Gasteiger partial charge is 0.452 e. The maximum absolute atomic E-state index is 13.0. The summed E-state index contributed by atoms with van der Waals surface area (Å²) in [6, 6.07) is 10.4. The fourth-order valence-electron chi connectivity index (χ4n) is 2.46. The number of amides is 1. The van der Waals surface area contributed by atoms with Crippen molar-refractivity contribution in [3.63, 3.8) is 0 Å². The van der Waals surface area contributed by atoms with Crippen molar-refractivity contribution in [2.75, 3.05) is 11.1 Å². The third-order valence-corrected chi connectivity index (χ3v) is 4.99. The van der Waals surface area contributed by atoms with Gasteiger partial charge in [-0.3, -0.25) is 9.59 Å². The summed E-state index contributed by atoms with van der Waals surface area (Å²) >= 11 is 1.27. The molecule has 0 spiro atoms. The average molecular weight is 411 g/mol. The predicted molar refractivity (Wildman–Crippen MR) is 102 cm³/mol. The van der Waals surface area contributed by atoms with Crippen molar-refractivity contribution in [3.05, 3.63) is 59.2 Å². The summed E-state index contributed by atoms with van der Waals surface area (Å²) < 4.78 is 44.0. The molecule has 0 aliphatic carbocycles. The molecule has 8 heteroatoms. The molecule has 0 heterocycles. The van der Waals surface area contributed by atoms with Crippen molar-refractivity contribution < 1.29 is 27.5 Å². The number of carbonyl (C=O) groups excluding carboxylic acids is 2. The zero-order chi connectivity index (χ0) is 20.9. The van der Waals surface area contributed by atoms with E-state index in [1.165, 1.54) is 30.8 Å². The van der Waals surface area contributed by atoms with Crippen molar-refractivity contribution in [2.24, 2.45) is 0 Å². The third-order valence-electron chi connectivity index (χ3n) is 3.84. The molecule has 0 aliphatic rings. The second kappa shape index (κ2) is 9.14. The number of rotatable bonds is 6. The lowest BCUT2D eigenvalue weighted by molar-refractivity contribution is -0.150. The van der Waals surface area contributed by atoms with Gasteiger partial charge >= 0.3 is 12.1 Å². The number of anilines is 1. The van der Waals surface area contributed by atoms with E-state index in [0.29, 0.717) is 0 Å². The molecule has 0 saturated heterocycles. The summed E-state index contributed by atoms with van der Waals surface area (Å²) in [5, 5.41) is 2.17. The van der Waals surface area contributed by atoms with Gasteiger partial charge in [-0.15, -0.1) is 11.8 Å². The minimum absolute atomic E-state index is 0.0132. The van der Waals surface area contributed by atoms with E-state index >= 15 is 0 Å². The Bertz CT molecular complexity index is 868. The minimum atomic E-state index is -4.60. The van der Waals surface area contributed by atoms with Crippen LogP contribution in [-0.2, 0) is 20.5 Å². The highest BCUT2D eigenvalue weighted by Gasteiger charge is 2.34. The molecule has 1 N–H and O–H groups in total. The summed E-state index contributed by atoms with van der Waals surface area (Å²) in [5.74, 6) is -1.47. The van der Waals surface area contributed by atoms with Gasteiger partial charge in [0.15, 0.2) is 6.10 Å². The van der Waals surface area contributed by atoms with Crippen LogP contribution in [0.4, 0.5) is 18.9 Å². The van der Waals surface area contributed by atoms with Gasteiger partial charge in [0, 0.05) is 4.90 Å². The Balaban J connectivity index is 1.93. The van der Waals surface area contributed by atoms with Gasteiger partial charge in [-0.1, -0.05) is 29.8 Å². The SMILES string of the molecule is Cc1ccc(SCC(=O)O[C@@H](C)C(=O)Nc2ccccc2C(F)(F)F)c(C)c1. The Labute approximate surface area is 165 Å². The lowest BCUT2D eigenvalue weighted by atomic mass is 10.1. The number of alkyl halides is 3. The Morgan fingerprint density at radius 2 is 1.82 bits per heavy atom. The van der Waals surface area contributed by atoms with Gasteiger partial charge in [0.2, 0.25) is 0 Å². The van der Waals surface area contributed by atoms with Crippen LogP contribution in [0, 0.1) is 13.8 Å². The van der Waals surface area contributed by atoms with E-state index in [1.807, 2.05) is 32.0 Å². The van der Waals surface area contributed by atoms with Crippen LogP contribution in [0.2, 0.25) is 0 Å². The van der Waals surface area contributed by atoms with Crippen LogP contribution in [0.25, 0.3) is 0 Å². The normalized spacial score (nSPS) is 12.4. The minimum Gasteiger partial charge on any atom is -0.452 e. The summed E-state index contributed by atoms with van der Waals surface area (Å²) in [7, 11) is 0. The number of thioether (sulfide) groups is 1. The van der Waals surface area contributed by atoms with E-state index in [9.17, 15) is 22.8 Å². The molecular formula is C20H20F3NO3S. The van der Waals surface area contributed by atoms with Gasteiger partial charge in [-0.25, -0.2) is 0 Å². The van der Waals surface area contributed by atoms with Crippen LogP contribution < -0.4 is 5.32 Å². The van der Waals surface area contributed by atoms with E-state index < -0.39 is 29.7 Å². The Morgan fingerprint density at radius 1 is 1.14 bits per heavy atom. The highest BCUT2D eigenvalue weighted by Crippen LogP contribution is 2.34. The number of esters is 1. The van der Waals surface area contributed by atoms with Crippen LogP contribution in [0.3, 0.4) is 0 Å². The van der Waals surface area contributed by atoms with E-state index in [2.05, 4.69) is 5.32 Å². The number of benzene rings is 2. The van der Waals surface area contributed by atoms with Crippen LogP contribution in [0.5, 0.6) is 0 Å². The van der Waals surface area contributed by atoms with Gasteiger partial charge in [0.25, 0.3) is 5.91 Å². The van der Waals surface area contributed by atoms with Gasteiger partial charge < -0.3 is 10.1 Å². The second-order valence-corrected chi connectivity index (χ2v) is 7.24. The molecule has 0 aromatic heterocycles. The number of carbonyl (C=O) groups is 2. The average Bonchev–Trinajstić information content (AvgIpc) is 2.60. The molecule has 0 fully saturated rings. The topological polar surface area (TPSA) is 55.4 Å². The van der Waals surface area contributed by atoms with E-state index in [-0.39, 0.29) is 11.4 Å². The van der Waals surface area contributed by atoms with Crippen LogP contribution in [0.1, 0.15) is 23.6 Å². The highest BCUT2D eigenvalue weighted by atomic mass is 32.2. The van der Waals surface area contributed by atoms with Crippen molar-refractivity contribution in [3.8, 4) is 0 Å². The van der Waals surface area contributed by atoms with Crippen molar-refractivity contribution in [1.82, 2.24) is 0 Å². The lowest BCUT2D eigenvalue weighted by Crippen LogP contribution is -2.31.